The number of amides is 1. The average Bonchev–Trinajstić information content (AvgIpc) is 2.26. The zero-order valence-electron chi connectivity index (χ0n) is 9.68. The maximum Gasteiger partial charge on any atom is 0.254 e. The number of carbonyl (C=O) groups excluding carboxylic acids is 1. The fourth-order valence-corrected chi connectivity index (χ4v) is 1.99. The summed E-state index contributed by atoms with van der Waals surface area (Å²) in [5.41, 5.74) is 1.48. The maximum absolute atomic E-state index is 12.1. The fraction of sp³-hybridized carbons (Fsp3) is 0.308. The molecule has 1 aliphatic heterocycles. The van der Waals surface area contributed by atoms with Crippen molar-refractivity contribution in [3.63, 3.8) is 0 Å². The van der Waals surface area contributed by atoms with E-state index in [9.17, 15) is 15.0 Å². The van der Waals surface area contributed by atoms with E-state index in [-0.39, 0.29) is 17.4 Å². The van der Waals surface area contributed by atoms with Gasteiger partial charge in [0.2, 0.25) is 0 Å². The first-order chi connectivity index (χ1) is 8.06. The molecule has 0 aromatic heterocycles. The molecule has 1 aliphatic rings. The number of aromatic hydroxyl groups is 2. The predicted octanol–water partition coefficient (Wildman–Crippen LogP) is 1.89. The normalized spacial score (nSPS) is 15.6. The monoisotopic (exact) mass is 233 g/mol. The minimum Gasteiger partial charge on any atom is -0.508 e. The molecule has 4 heteroatoms. The van der Waals surface area contributed by atoms with E-state index in [1.165, 1.54) is 18.2 Å². The van der Waals surface area contributed by atoms with Crippen molar-refractivity contribution in [1.29, 1.82) is 0 Å². The first-order valence-electron chi connectivity index (χ1n) is 5.54. The second kappa shape index (κ2) is 4.49. The Hall–Kier alpha value is -1.97. The van der Waals surface area contributed by atoms with E-state index < -0.39 is 0 Å². The molecule has 0 bridgehead atoms. The first-order valence-corrected chi connectivity index (χ1v) is 5.54. The summed E-state index contributed by atoms with van der Waals surface area (Å²) in [4.78, 5) is 13.8. The highest BCUT2D eigenvalue weighted by molar-refractivity contribution is 5.95. The van der Waals surface area contributed by atoms with Crippen molar-refractivity contribution >= 4 is 5.91 Å². The standard InChI is InChI=1S/C13H15NO3/c1-9-3-2-4-14(8-9)13(17)10-5-11(15)7-12(16)6-10/h3,5-7,15-16H,2,4,8H2,1H3. The molecule has 17 heavy (non-hydrogen) atoms. The largest absolute Gasteiger partial charge is 0.508 e. The van der Waals surface area contributed by atoms with E-state index in [1.54, 1.807) is 4.90 Å². The number of carbonyl (C=O) groups is 1. The molecule has 1 aromatic rings. The summed E-state index contributed by atoms with van der Waals surface area (Å²) in [7, 11) is 0. The van der Waals surface area contributed by atoms with E-state index >= 15 is 0 Å². The summed E-state index contributed by atoms with van der Waals surface area (Å²) in [6.07, 6.45) is 2.96. The van der Waals surface area contributed by atoms with Gasteiger partial charge in [-0.05, 0) is 25.5 Å². The molecule has 0 spiro atoms. The Morgan fingerprint density at radius 2 is 1.88 bits per heavy atom. The van der Waals surface area contributed by atoms with Crippen LogP contribution in [-0.4, -0.2) is 34.1 Å². The van der Waals surface area contributed by atoms with Crippen LogP contribution in [-0.2, 0) is 0 Å². The number of phenolic OH excluding ortho intramolecular Hbond substituents is 2. The summed E-state index contributed by atoms with van der Waals surface area (Å²) in [6.45, 7) is 3.27. The third-order valence-corrected chi connectivity index (χ3v) is 2.77. The van der Waals surface area contributed by atoms with Crippen molar-refractivity contribution in [1.82, 2.24) is 4.90 Å². The summed E-state index contributed by atoms with van der Waals surface area (Å²) in [5, 5.41) is 18.7. The van der Waals surface area contributed by atoms with Crippen LogP contribution >= 0.6 is 0 Å². The molecule has 0 unspecified atom stereocenters. The second-order valence-corrected chi connectivity index (χ2v) is 4.30. The smallest absolute Gasteiger partial charge is 0.254 e. The number of benzene rings is 1. The summed E-state index contributed by atoms with van der Waals surface area (Å²) < 4.78 is 0. The van der Waals surface area contributed by atoms with Crippen molar-refractivity contribution in [2.45, 2.75) is 13.3 Å². The fourth-order valence-electron chi connectivity index (χ4n) is 1.99. The molecular formula is C13H15NO3. The van der Waals surface area contributed by atoms with E-state index in [1.807, 2.05) is 6.92 Å². The Morgan fingerprint density at radius 1 is 1.24 bits per heavy atom. The lowest BCUT2D eigenvalue weighted by atomic mass is 10.1. The van der Waals surface area contributed by atoms with Crippen LogP contribution in [0.1, 0.15) is 23.7 Å². The average molecular weight is 233 g/mol. The van der Waals surface area contributed by atoms with Crippen LogP contribution in [0.15, 0.2) is 29.8 Å². The van der Waals surface area contributed by atoms with E-state index in [2.05, 4.69) is 6.08 Å². The lowest BCUT2D eigenvalue weighted by Gasteiger charge is -2.26. The molecular weight excluding hydrogens is 218 g/mol. The van der Waals surface area contributed by atoms with Gasteiger partial charge in [-0.25, -0.2) is 0 Å². The number of nitrogens with zero attached hydrogens (tertiary/aromatic N) is 1. The third-order valence-electron chi connectivity index (χ3n) is 2.77. The topological polar surface area (TPSA) is 60.8 Å². The predicted molar refractivity (Wildman–Crippen MR) is 64.0 cm³/mol. The van der Waals surface area contributed by atoms with Crippen molar-refractivity contribution in [2.24, 2.45) is 0 Å². The quantitative estimate of drug-likeness (QED) is 0.728. The molecule has 1 heterocycles. The van der Waals surface area contributed by atoms with Gasteiger partial charge < -0.3 is 15.1 Å². The lowest BCUT2D eigenvalue weighted by Crippen LogP contribution is -2.35. The molecule has 0 saturated carbocycles. The van der Waals surface area contributed by atoms with E-state index in [0.717, 1.165) is 12.0 Å². The molecule has 4 nitrogen and oxygen atoms in total. The Balaban J connectivity index is 2.22. The molecule has 0 fully saturated rings. The Labute approximate surface area is 99.8 Å². The minimum absolute atomic E-state index is 0.0994. The highest BCUT2D eigenvalue weighted by atomic mass is 16.3. The van der Waals surface area contributed by atoms with Crippen LogP contribution in [0.3, 0.4) is 0 Å². The number of rotatable bonds is 1. The molecule has 1 aromatic carbocycles. The van der Waals surface area contributed by atoms with Gasteiger partial charge in [0.15, 0.2) is 0 Å². The van der Waals surface area contributed by atoms with Crippen LogP contribution in [0.4, 0.5) is 0 Å². The van der Waals surface area contributed by atoms with Gasteiger partial charge in [0, 0.05) is 24.7 Å². The zero-order valence-corrected chi connectivity index (χ0v) is 9.68. The van der Waals surface area contributed by atoms with Crippen molar-refractivity contribution in [2.75, 3.05) is 13.1 Å². The Morgan fingerprint density at radius 3 is 2.47 bits per heavy atom. The van der Waals surface area contributed by atoms with Gasteiger partial charge in [-0.15, -0.1) is 0 Å². The molecule has 90 valence electrons. The van der Waals surface area contributed by atoms with Crippen LogP contribution in [0.25, 0.3) is 0 Å². The van der Waals surface area contributed by atoms with Gasteiger partial charge in [0.25, 0.3) is 5.91 Å². The van der Waals surface area contributed by atoms with E-state index in [4.69, 9.17) is 0 Å². The molecule has 0 aliphatic carbocycles. The van der Waals surface area contributed by atoms with Crippen LogP contribution in [0.5, 0.6) is 11.5 Å². The van der Waals surface area contributed by atoms with Gasteiger partial charge >= 0.3 is 0 Å². The summed E-state index contributed by atoms with van der Waals surface area (Å²) in [6, 6.07) is 3.95. The third kappa shape index (κ3) is 2.58. The lowest BCUT2D eigenvalue weighted by molar-refractivity contribution is 0.0765. The highest BCUT2D eigenvalue weighted by Gasteiger charge is 2.19. The second-order valence-electron chi connectivity index (χ2n) is 4.30. The van der Waals surface area contributed by atoms with Gasteiger partial charge in [0.1, 0.15) is 11.5 Å². The van der Waals surface area contributed by atoms with Crippen molar-refractivity contribution in [3.8, 4) is 11.5 Å². The molecule has 1 amide bonds. The van der Waals surface area contributed by atoms with Gasteiger partial charge in [-0.1, -0.05) is 11.6 Å². The van der Waals surface area contributed by atoms with Crippen LogP contribution in [0, 0.1) is 0 Å². The number of phenols is 2. The van der Waals surface area contributed by atoms with Gasteiger partial charge in [-0.2, -0.15) is 0 Å². The van der Waals surface area contributed by atoms with Gasteiger partial charge in [-0.3, -0.25) is 4.79 Å². The van der Waals surface area contributed by atoms with Gasteiger partial charge in [0.05, 0.1) is 0 Å². The minimum atomic E-state index is -0.163. The number of hydrogen-bond acceptors (Lipinski definition) is 3. The molecule has 2 N–H and O–H groups in total. The molecule has 0 radical (unpaired) electrons. The zero-order chi connectivity index (χ0) is 12.4. The molecule has 0 saturated heterocycles. The van der Waals surface area contributed by atoms with Crippen molar-refractivity contribution in [3.05, 3.63) is 35.4 Å². The van der Waals surface area contributed by atoms with Crippen molar-refractivity contribution < 1.29 is 15.0 Å². The molecule has 0 atom stereocenters. The number of hydrogen-bond donors (Lipinski definition) is 2. The summed E-state index contributed by atoms with van der Waals surface area (Å²) in [5.74, 6) is -0.362. The first kappa shape index (κ1) is 11.5. The molecule has 2 rings (SSSR count). The van der Waals surface area contributed by atoms with Crippen LogP contribution < -0.4 is 0 Å². The summed E-state index contributed by atoms with van der Waals surface area (Å²) >= 11 is 0. The highest BCUT2D eigenvalue weighted by Crippen LogP contribution is 2.22. The Bertz CT molecular complexity index is 459. The SMILES string of the molecule is CC1=CCCN(C(=O)c2cc(O)cc(O)c2)C1. The van der Waals surface area contributed by atoms with E-state index in [0.29, 0.717) is 18.7 Å². The maximum atomic E-state index is 12.1. The van der Waals surface area contributed by atoms with Crippen LogP contribution in [0.2, 0.25) is 0 Å². The Kier molecular flexibility index (Phi) is 3.04.